The second kappa shape index (κ2) is 5.19. The number of hydrogen-bond donors (Lipinski definition) is 1. The second-order valence-electron chi connectivity index (χ2n) is 4.38. The molecule has 0 bridgehead atoms. The number of piperidine rings is 1. The van der Waals surface area contributed by atoms with Gasteiger partial charge in [0.25, 0.3) is 0 Å². The van der Waals surface area contributed by atoms with Gasteiger partial charge in [0.05, 0.1) is 0 Å². The van der Waals surface area contributed by atoms with Crippen LogP contribution in [0.25, 0.3) is 0 Å². The first-order valence-corrected chi connectivity index (χ1v) is 6.26. The molecule has 1 saturated heterocycles. The highest BCUT2D eigenvalue weighted by Gasteiger charge is 2.21. The molecule has 0 spiro atoms. The summed E-state index contributed by atoms with van der Waals surface area (Å²) in [6.07, 6.45) is 5.18. The quantitative estimate of drug-likeness (QED) is 0.847. The molecule has 88 valence electrons. The summed E-state index contributed by atoms with van der Waals surface area (Å²) < 4.78 is 0. The molecule has 1 unspecified atom stereocenters. The van der Waals surface area contributed by atoms with Gasteiger partial charge >= 0.3 is 0 Å². The topological polar surface area (TPSA) is 28.2 Å². The molecule has 1 aliphatic heterocycles. The molecular weight excluding hydrogens is 198 g/mol. The summed E-state index contributed by atoms with van der Waals surface area (Å²) in [7, 11) is 1.92. The zero-order chi connectivity index (χ0) is 11.4. The fraction of sp³-hybridized carbons (Fsp3) is 0.615. The Morgan fingerprint density at radius 2 is 2.31 bits per heavy atom. The maximum Gasteiger partial charge on any atom is 0.131 e. The zero-order valence-corrected chi connectivity index (χ0v) is 10.2. The van der Waals surface area contributed by atoms with Crippen molar-refractivity contribution in [3.63, 3.8) is 0 Å². The molecule has 0 saturated carbocycles. The summed E-state index contributed by atoms with van der Waals surface area (Å²) in [6, 6.07) is 6.88. The van der Waals surface area contributed by atoms with Gasteiger partial charge in [0.15, 0.2) is 0 Å². The Morgan fingerprint density at radius 3 is 3.06 bits per heavy atom. The van der Waals surface area contributed by atoms with Crippen molar-refractivity contribution in [1.82, 2.24) is 4.98 Å². The van der Waals surface area contributed by atoms with E-state index in [9.17, 15) is 0 Å². The monoisotopic (exact) mass is 219 g/mol. The second-order valence-corrected chi connectivity index (χ2v) is 4.38. The Hall–Kier alpha value is -1.25. The summed E-state index contributed by atoms with van der Waals surface area (Å²) in [4.78, 5) is 7.09. The van der Waals surface area contributed by atoms with Crippen LogP contribution in [0.5, 0.6) is 0 Å². The van der Waals surface area contributed by atoms with Gasteiger partial charge in [0, 0.05) is 19.6 Å². The van der Waals surface area contributed by atoms with Crippen LogP contribution in [-0.4, -0.2) is 24.6 Å². The minimum absolute atomic E-state index is 0.674. The molecule has 1 fully saturated rings. The fourth-order valence-corrected chi connectivity index (χ4v) is 2.45. The predicted octanol–water partition coefficient (Wildman–Crippen LogP) is 2.89. The Labute approximate surface area is 97.9 Å². The number of nitrogens with zero attached hydrogens (tertiary/aromatic N) is 2. The van der Waals surface area contributed by atoms with Crippen molar-refractivity contribution >= 4 is 11.6 Å². The molecule has 0 amide bonds. The van der Waals surface area contributed by atoms with E-state index in [4.69, 9.17) is 0 Å². The summed E-state index contributed by atoms with van der Waals surface area (Å²) >= 11 is 0. The molecule has 1 atom stereocenters. The van der Waals surface area contributed by atoms with Crippen LogP contribution in [-0.2, 0) is 0 Å². The lowest BCUT2D eigenvalue weighted by Crippen LogP contribution is -2.39. The van der Waals surface area contributed by atoms with Crippen LogP contribution in [0, 0.1) is 0 Å². The van der Waals surface area contributed by atoms with Crippen LogP contribution in [0.2, 0.25) is 0 Å². The van der Waals surface area contributed by atoms with Gasteiger partial charge in [-0.25, -0.2) is 4.98 Å². The normalized spacial score (nSPS) is 20.9. The number of hydrogen-bond acceptors (Lipinski definition) is 3. The van der Waals surface area contributed by atoms with Gasteiger partial charge in [0.2, 0.25) is 0 Å². The van der Waals surface area contributed by atoms with Crippen LogP contribution < -0.4 is 10.2 Å². The van der Waals surface area contributed by atoms with Crippen molar-refractivity contribution in [2.45, 2.75) is 38.6 Å². The molecular formula is C13H21N3. The average Bonchev–Trinajstić information content (AvgIpc) is 2.38. The number of rotatable bonds is 3. The zero-order valence-electron chi connectivity index (χ0n) is 10.2. The fourth-order valence-electron chi connectivity index (χ4n) is 2.45. The van der Waals surface area contributed by atoms with E-state index in [2.05, 4.69) is 34.3 Å². The largest absolute Gasteiger partial charge is 0.373 e. The Kier molecular flexibility index (Phi) is 3.65. The minimum atomic E-state index is 0.674. The number of pyridine rings is 1. The minimum Gasteiger partial charge on any atom is -0.373 e. The Bertz CT molecular complexity index is 338. The van der Waals surface area contributed by atoms with Crippen LogP contribution in [0.1, 0.15) is 32.6 Å². The van der Waals surface area contributed by atoms with Crippen molar-refractivity contribution in [2.75, 3.05) is 23.8 Å². The highest BCUT2D eigenvalue weighted by molar-refractivity contribution is 5.47. The van der Waals surface area contributed by atoms with Gasteiger partial charge in [-0.1, -0.05) is 13.0 Å². The van der Waals surface area contributed by atoms with Crippen LogP contribution in [0.15, 0.2) is 18.2 Å². The molecule has 0 aliphatic carbocycles. The van der Waals surface area contributed by atoms with E-state index in [-0.39, 0.29) is 0 Å². The molecule has 2 heterocycles. The van der Waals surface area contributed by atoms with E-state index >= 15 is 0 Å². The molecule has 1 N–H and O–H groups in total. The highest BCUT2D eigenvalue weighted by atomic mass is 15.2. The third-order valence-corrected chi connectivity index (χ3v) is 3.38. The molecule has 16 heavy (non-hydrogen) atoms. The van der Waals surface area contributed by atoms with Gasteiger partial charge in [0.1, 0.15) is 11.6 Å². The molecule has 1 aromatic heterocycles. The van der Waals surface area contributed by atoms with Crippen molar-refractivity contribution in [3.8, 4) is 0 Å². The van der Waals surface area contributed by atoms with Gasteiger partial charge in [-0.05, 0) is 37.8 Å². The van der Waals surface area contributed by atoms with Crippen molar-refractivity contribution in [2.24, 2.45) is 0 Å². The van der Waals surface area contributed by atoms with Crippen molar-refractivity contribution < 1.29 is 0 Å². The lowest BCUT2D eigenvalue weighted by atomic mass is 10.00. The summed E-state index contributed by atoms with van der Waals surface area (Å²) in [5, 5.41) is 3.10. The van der Waals surface area contributed by atoms with E-state index in [1.807, 2.05) is 13.1 Å². The van der Waals surface area contributed by atoms with E-state index in [0.29, 0.717) is 6.04 Å². The van der Waals surface area contributed by atoms with Crippen molar-refractivity contribution in [1.29, 1.82) is 0 Å². The van der Waals surface area contributed by atoms with Gasteiger partial charge in [-0.15, -0.1) is 0 Å². The SMILES string of the molecule is CCC1CCCCN1c1cccc(NC)n1. The first-order chi connectivity index (χ1) is 7.85. The van der Waals surface area contributed by atoms with Crippen molar-refractivity contribution in [3.05, 3.63) is 18.2 Å². The smallest absolute Gasteiger partial charge is 0.131 e. The van der Waals surface area contributed by atoms with E-state index in [0.717, 1.165) is 18.2 Å². The Morgan fingerprint density at radius 1 is 1.44 bits per heavy atom. The lowest BCUT2D eigenvalue weighted by Gasteiger charge is -2.36. The highest BCUT2D eigenvalue weighted by Crippen LogP contribution is 2.25. The predicted molar refractivity (Wildman–Crippen MR) is 69.1 cm³/mol. The average molecular weight is 219 g/mol. The van der Waals surface area contributed by atoms with Crippen LogP contribution in [0.4, 0.5) is 11.6 Å². The third-order valence-electron chi connectivity index (χ3n) is 3.38. The first-order valence-electron chi connectivity index (χ1n) is 6.26. The third kappa shape index (κ3) is 2.29. The number of anilines is 2. The van der Waals surface area contributed by atoms with E-state index < -0.39 is 0 Å². The maximum atomic E-state index is 4.63. The summed E-state index contributed by atoms with van der Waals surface area (Å²) in [5.74, 6) is 2.08. The number of aromatic nitrogens is 1. The standard InChI is InChI=1S/C13H21N3/c1-3-11-7-4-5-10-16(11)13-9-6-8-12(14-2)15-13/h6,8-9,11H,3-5,7,10H2,1-2H3,(H,14,15). The molecule has 0 aromatic carbocycles. The lowest BCUT2D eigenvalue weighted by molar-refractivity contribution is 0.447. The molecule has 1 aromatic rings. The Balaban J connectivity index is 2.20. The summed E-state index contributed by atoms with van der Waals surface area (Å²) in [6.45, 7) is 3.42. The molecule has 3 heteroatoms. The molecule has 0 radical (unpaired) electrons. The van der Waals surface area contributed by atoms with Crippen LogP contribution >= 0.6 is 0 Å². The molecule has 3 nitrogen and oxygen atoms in total. The van der Waals surface area contributed by atoms with Crippen LogP contribution in [0.3, 0.4) is 0 Å². The van der Waals surface area contributed by atoms with Gasteiger partial charge < -0.3 is 10.2 Å². The summed E-state index contributed by atoms with van der Waals surface area (Å²) in [5.41, 5.74) is 0. The number of nitrogens with one attached hydrogen (secondary N) is 1. The van der Waals surface area contributed by atoms with Gasteiger partial charge in [-0.2, -0.15) is 0 Å². The maximum absolute atomic E-state index is 4.63. The van der Waals surface area contributed by atoms with Gasteiger partial charge in [-0.3, -0.25) is 0 Å². The van der Waals surface area contributed by atoms with E-state index in [1.165, 1.54) is 25.7 Å². The first kappa shape index (κ1) is 11.2. The molecule has 2 rings (SSSR count). The molecule has 1 aliphatic rings. The van der Waals surface area contributed by atoms with E-state index in [1.54, 1.807) is 0 Å².